The number of nitrogens with zero attached hydrogens (tertiary/aromatic N) is 1. The Morgan fingerprint density at radius 1 is 1.54 bits per heavy atom. The first-order chi connectivity index (χ1) is 6.33. The van der Waals surface area contributed by atoms with Gasteiger partial charge in [-0.25, -0.2) is 4.98 Å². The van der Waals surface area contributed by atoms with Gasteiger partial charge >= 0.3 is 0 Å². The number of H-pyrrole nitrogens is 1. The lowest BCUT2D eigenvalue weighted by Crippen LogP contribution is -2.03. The Balaban J connectivity index is 2.33. The highest BCUT2D eigenvalue weighted by atomic mass is 32.2. The number of hydrogen-bond donors (Lipinski definition) is 1. The number of rotatable bonds is 5. The van der Waals surface area contributed by atoms with Crippen molar-refractivity contribution in [1.29, 1.82) is 0 Å². The summed E-state index contributed by atoms with van der Waals surface area (Å²) in [4.78, 5) is 17.4. The Morgan fingerprint density at radius 2 is 2.38 bits per heavy atom. The van der Waals surface area contributed by atoms with E-state index in [0.29, 0.717) is 0 Å². The van der Waals surface area contributed by atoms with Crippen molar-refractivity contribution in [2.24, 2.45) is 0 Å². The van der Waals surface area contributed by atoms with Crippen LogP contribution in [-0.2, 0) is 0 Å². The van der Waals surface area contributed by atoms with Crippen molar-refractivity contribution in [1.82, 2.24) is 9.97 Å². The third-order valence-electron chi connectivity index (χ3n) is 1.65. The van der Waals surface area contributed by atoms with Gasteiger partial charge in [0.05, 0.1) is 6.33 Å². The van der Waals surface area contributed by atoms with Gasteiger partial charge in [-0.2, -0.15) is 0 Å². The fourth-order valence-electron chi connectivity index (χ4n) is 0.958. The van der Waals surface area contributed by atoms with E-state index in [1.165, 1.54) is 31.7 Å². The monoisotopic (exact) mass is 198 g/mol. The van der Waals surface area contributed by atoms with Gasteiger partial charge in [-0.3, -0.25) is 4.79 Å². The zero-order chi connectivity index (χ0) is 9.52. The van der Waals surface area contributed by atoms with Gasteiger partial charge in [-0.1, -0.05) is 19.8 Å². The minimum atomic E-state index is -0.0759. The number of aromatic amines is 1. The van der Waals surface area contributed by atoms with E-state index >= 15 is 0 Å². The third kappa shape index (κ3) is 4.12. The molecule has 0 aliphatic carbocycles. The quantitative estimate of drug-likeness (QED) is 0.447. The number of nitrogens with one attached hydrogen (secondary N) is 1. The van der Waals surface area contributed by atoms with Gasteiger partial charge in [-0.15, -0.1) is 11.8 Å². The van der Waals surface area contributed by atoms with Gasteiger partial charge in [0.15, 0.2) is 0 Å². The largest absolute Gasteiger partial charge is 0.313 e. The molecule has 0 fully saturated rings. The zero-order valence-electron chi connectivity index (χ0n) is 7.75. The van der Waals surface area contributed by atoms with Crippen molar-refractivity contribution in [2.75, 3.05) is 5.75 Å². The lowest BCUT2D eigenvalue weighted by Gasteiger charge is -1.98. The van der Waals surface area contributed by atoms with Crippen molar-refractivity contribution < 1.29 is 0 Å². The summed E-state index contributed by atoms with van der Waals surface area (Å²) in [6, 6.07) is 1.54. The van der Waals surface area contributed by atoms with Crippen LogP contribution in [-0.4, -0.2) is 15.7 Å². The summed E-state index contributed by atoms with van der Waals surface area (Å²) < 4.78 is 0. The summed E-state index contributed by atoms with van der Waals surface area (Å²) in [5.41, 5.74) is -0.0759. The molecule has 0 aliphatic heterocycles. The maximum Gasteiger partial charge on any atom is 0.251 e. The first-order valence-electron chi connectivity index (χ1n) is 4.50. The highest BCUT2D eigenvalue weighted by Crippen LogP contribution is 2.14. The first-order valence-corrected chi connectivity index (χ1v) is 5.49. The van der Waals surface area contributed by atoms with Crippen LogP contribution in [0.3, 0.4) is 0 Å². The second-order valence-electron chi connectivity index (χ2n) is 2.80. The molecule has 0 bridgehead atoms. The van der Waals surface area contributed by atoms with Crippen molar-refractivity contribution in [2.45, 2.75) is 31.2 Å². The van der Waals surface area contributed by atoms with E-state index in [9.17, 15) is 4.79 Å². The third-order valence-corrected chi connectivity index (χ3v) is 2.66. The van der Waals surface area contributed by atoms with Crippen LogP contribution in [0, 0.1) is 0 Å². The van der Waals surface area contributed by atoms with Crippen molar-refractivity contribution in [3.63, 3.8) is 0 Å². The van der Waals surface area contributed by atoms with Gasteiger partial charge in [0.2, 0.25) is 0 Å². The van der Waals surface area contributed by atoms with Gasteiger partial charge in [-0.05, 0) is 12.2 Å². The molecule has 0 radical (unpaired) electrons. The van der Waals surface area contributed by atoms with E-state index in [2.05, 4.69) is 16.9 Å². The molecule has 1 N–H and O–H groups in total. The lowest BCUT2D eigenvalue weighted by molar-refractivity contribution is 0.778. The summed E-state index contributed by atoms with van der Waals surface area (Å²) in [7, 11) is 0. The normalized spacial score (nSPS) is 10.2. The SMILES string of the molecule is CCCCCSc1cc(=O)[nH]cn1. The Morgan fingerprint density at radius 3 is 3.08 bits per heavy atom. The van der Waals surface area contributed by atoms with E-state index in [1.807, 2.05) is 0 Å². The van der Waals surface area contributed by atoms with Gasteiger partial charge in [0, 0.05) is 6.07 Å². The highest BCUT2D eigenvalue weighted by Gasteiger charge is 1.95. The van der Waals surface area contributed by atoms with E-state index in [4.69, 9.17) is 0 Å². The van der Waals surface area contributed by atoms with Crippen LogP contribution in [0.1, 0.15) is 26.2 Å². The molecule has 0 spiro atoms. The average molecular weight is 198 g/mol. The van der Waals surface area contributed by atoms with Crippen LogP contribution < -0.4 is 5.56 Å². The molecule has 1 heterocycles. The molecule has 0 aromatic carbocycles. The Hall–Kier alpha value is -0.770. The maximum atomic E-state index is 10.9. The molecule has 0 unspecified atom stereocenters. The summed E-state index contributed by atoms with van der Waals surface area (Å²) in [5.74, 6) is 1.05. The van der Waals surface area contributed by atoms with E-state index in [0.717, 1.165) is 10.8 Å². The Bertz CT molecular complexity index is 298. The molecule has 0 saturated heterocycles. The minimum Gasteiger partial charge on any atom is -0.313 e. The van der Waals surface area contributed by atoms with Crippen LogP contribution in [0.15, 0.2) is 22.2 Å². The van der Waals surface area contributed by atoms with Gasteiger partial charge < -0.3 is 4.98 Å². The molecule has 72 valence electrons. The van der Waals surface area contributed by atoms with E-state index < -0.39 is 0 Å². The lowest BCUT2D eigenvalue weighted by atomic mass is 10.3. The number of thioether (sulfide) groups is 1. The van der Waals surface area contributed by atoms with Gasteiger partial charge in [0.25, 0.3) is 5.56 Å². The summed E-state index contributed by atoms with van der Waals surface area (Å²) in [6.07, 6.45) is 5.11. The Labute approximate surface area is 82.0 Å². The second kappa shape index (κ2) is 5.80. The summed E-state index contributed by atoms with van der Waals surface area (Å²) >= 11 is 1.64. The molecular weight excluding hydrogens is 184 g/mol. The number of unbranched alkanes of at least 4 members (excludes halogenated alkanes) is 2. The first kappa shape index (κ1) is 10.3. The highest BCUT2D eigenvalue weighted by molar-refractivity contribution is 7.99. The van der Waals surface area contributed by atoms with Crippen LogP contribution in [0.25, 0.3) is 0 Å². The molecule has 1 rings (SSSR count). The molecule has 0 atom stereocenters. The predicted molar refractivity (Wildman–Crippen MR) is 55.1 cm³/mol. The Kier molecular flexibility index (Phi) is 4.60. The smallest absolute Gasteiger partial charge is 0.251 e. The molecule has 0 aliphatic rings. The number of hydrogen-bond acceptors (Lipinski definition) is 3. The fraction of sp³-hybridized carbons (Fsp3) is 0.556. The van der Waals surface area contributed by atoms with Crippen molar-refractivity contribution in [3.05, 3.63) is 22.7 Å². The fourth-order valence-corrected chi connectivity index (χ4v) is 1.83. The van der Waals surface area contributed by atoms with Gasteiger partial charge in [0.1, 0.15) is 5.03 Å². The molecule has 1 aromatic heterocycles. The molecule has 4 heteroatoms. The van der Waals surface area contributed by atoms with Crippen LogP contribution in [0.4, 0.5) is 0 Å². The van der Waals surface area contributed by atoms with Crippen LogP contribution in [0.5, 0.6) is 0 Å². The summed E-state index contributed by atoms with van der Waals surface area (Å²) in [6.45, 7) is 2.18. The van der Waals surface area contributed by atoms with Crippen LogP contribution in [0.2, 0.25) is 0 Å². The van der Waals surface area contributed by atoms with Crippen LogP contribution >= 0.6 is 11.8 Å². The molecule has 3 nitrogen and oxygen atoms in total. The predicted octanol–water partition coefficient (Wildman–Crippen LogP) is 2.05. The van der Waals surface area contributed by atoms with E-state index in [-0.39, 0.29) is 5.56 Å². The number of aromatic nitrogens is 2. The van der Waals surface area contributed by atoms with E-state index in [1.54, 1.807) is 11.8 Å². The standard InChI is InChI=1S/C9H14N2OS/c1-2-3-4-5-13-9-6-8(12)10-7-11-9/h6-7H,2-5H2,1H3,(H,10,11,12). The zero-order valence-corrected chi connectivity index (χ0v) is 8.56. The second-order valence-corrected chi connectivity index (χ2v) is 3.92. The summed E-state index contributed by atoms with van der Waals surface area (Å²) in [5, 5.41) is 0.819. The maximum absolute atomic E-state index is 10.9. The van der Waals surface area contributed by atoms with Crippen molar-refractivity contribution in [3.8, 4) is 0 Å². The minimum absolute atomic E-state index is 0.0759. The molecule has 0 amide bonds. The molecule has 0 saturated carbocycles. The van der Waals surface area contributed by atoms with Crippen molar-refractivity contribution >= 4 is 11.8 Å². The average Bonchev–Trinajstić information content (AvgIpc) is 2.13. The molecule has 1 aromatic rings. The topological polar surface area (TPSA) is 45.8 Å². The molecular formula is C9H14N2OS. The molecule has 13 heavy (non-hydrogen) atoms.